The molecule has 0 atom stereocenters. The van der Waals surface area contributed by atoms with E-state index in [1.54, 1.807) is 48.5 Å². The summed E-state index contributed by atoms with van der Waals surface area (Å²) in [5, 5.41) is 12.7. The van der Waals surface area contributed by atoms with Crippen LogP contribution in [0.4, 0.5) is 10.1 Å². The monoisotopic (exact) mass is 470 g/mol. The highest BCUT2D eigenvalue weighted by molar-refractivity contribution is 5.92. The molecule has 2 N–H and O–H groups in total. The van der Waals surface area contributed by atoms with Gasteiger partial charge in [-0.1, -0.05) is 18.2 Å². The predicted molar refractivity (Wildman–Crippen MR) is 129 cm³/mol. The first kappa shape index (κ1) is 23.2. The zero-order valence-electron chi connectivity index (χ0n) is 18.5. The molecule has 0 saturated heterocycles. The van der Waals surface area contributed by atoms with E-state index in [0.29, 0.717) is 33.7 Å². The molecule has 1 aromatic heterocycles. The molecule has 0 fully saturated rings. The highest BCUT2D eigenvalue weighted by atomic mass is 19.1. The van der Waals surface area contributed by atoms with Crippen LogP contribution in [-0.4, -0.2) is 29.6 Å². The fraction of sp³-hybridized carbons (Fsp3) is 0.0769. The maximum absolute atomic E-state index is 13.0. The molecule has 0 aliphatic rings. The number of fused-ring (bicyclic) bond motifs is 1. The first-order valence-electron chi connectivity index (χ1n) is 10.4. The van der Waals surface area contributed by atoms with Gasteiger partial charge in [0.25, 0.3) is 11.5 Å². The second-order valence-corrected chi connectivity index (χ2v) is 7.36. The van der Waals surface area contributed by atoms with E-state index in [-0.39, 0.29) is 23.6 Å². The van der Waals surface area contributed by atoms with Crippen LogP contribution in [0.15, 0.2) is 71.5 Å². The smallest absolute Gasteiger partial charge is 0.262 e. The van der Waals surface area contributed by atoms with Gasteiger partial charge >= 0.3 is 0 Å². The van der Waals surface area contributed by atoms with E-state index in [1.807, 2.05) is 0 Å². The Morgan fingerprint density at radius 3 is 2.66 bits per heavy atom. The molecule has 8 nitrogen and oxygen atoms in total. The highest BCUT2D eigenvalue weighted by Crippen LogP contribution is 2.29. The molecule has 174 valence electrons. The number of rotatable bonds is 7. The first-order valence-corrected chi connectivity index (χ1v) is 10.4. The molecule has 3 aromatic carbocycles. The number of anilines is 1. The van der Waals surface area contributed by atoms with Crippen LogP contribution in [-0.2, 0) is 4.79 Å². The number of H-pyrrole nitrogens is 1. The molecule has 35 heavy (non-hydrogen) atoms. The number of aromatic amines is 1. The Morgan fingerprint density at radius 2 is 1.91 bits per heavy atom. The van der Waals surface area contributed by atoms with Gasteiger partial charge in [-0.25, -0.2) is 9.37 Å². The summed E-state index contributed by atoms with van der Waals surface area (Å²) in [7, 11) is 1.45. The Balaban J connectivity index is 1.52. The molecule has 0 radical (unpaired) electrons. The molecular weight excluding hydrogens is 451 g/mol. The molecule has 0 aliphatic heterocycles. The quantitative estimate of drug-likeness (QED) is 0.392. The molecule has 0 unspecified atom stereocenters. The van der Waals surface area contributed by atoms with Crippen molar-refractivity contribution < 1.29 is 18.7 Å². The number of nitrogens with one attached hydrogen (secondary N) is 2. The maximum Gasteiger partial charge on any atom is 0.262 e. The Bertz CT molecular complexity index is 1520. The second-order valence-electron chi connectivity index (χ2n) is 7.36. The lowest BCUT2D eigenvalue weighted by Gasteiger charge is -2.12. The number of aromatic nitrogens is 2. The van der Waals surface area contributed by atoms with Crippen molar-refractivity contribution in [2.45, 2.75) is 0 Å². The Hall–Kier alpha value is -4.97. The Labute approximate surface area is 199 Å². The van der Waals surface area contributed by atoms with Crippen molar-refractivity contribution in [2.75, 3.05) is 19.0 Å². The highest BCUT2D eigenvalue weighted by Gasteiger charge is 2.11. The number of nitrogens with zero attached hydrogens (tertiary/aromatic N) is 2. The van der Waals surface area contributed by atoms with Crippen LogP contribution in [0.5, 0.6) is 11.5 Å². The lowest BCUT2D eigenvalue weighted by molar-refractivity contribution is -0.118. The number of carbonyl (C=O) groups is 1. The third kappa shape index (κ3) is 5.51. The van der Waals surface area contributed by atoms with Crippen molar-refractivity contribution in [1.82, 2.24) is 9.97 Å². The van der Waals surface area contributed by atoms with E-state index in [9.17, 15) is 19.2 Å². The summed E-state index contributed by atoms with van der Waals surface area (Å²) >= 11 is 0. The van der Waals surface area contributed by atoms with Crippen molar-refractivity contribution >= 4 is 34.1 Å². The van der Waals surface area contributed by atoms with Gasteiger partial charge in [0.05, 0.1) is 23.6 Å². The minimum atomic E-state index is -0.430. The number of carbonyl (C=O) groups excluding carboxylic acids is 1. The van der Waals surface area contributed by atoms with Gasteiger partial charge in [0, 0.05) is 5.69 Å². The fourth-order valence-electron chi connectivity index (χ4n) is 3.30. The number of allylic oxidation sites excluding steroid dienone is 1. The van der Waals surface area contributed by atoms with E-state index < -0.39 is 11.7 Å². The molecule has 1 heterocycles. The molecule has 4 rings (SSSR count). The molecule has 9 heteroatoms. The van der Waals surface area contributed by atoms with E-state index in [2.05, 4.69) is 21.4 Å². The van der Waals surface area contributed by atoms with Gasteiger partial charge in [-0.05, 0) is 60.2 Å². The SMILES string of the molecule is COc1cc(C=C(C#N)c2nc3ccccc3c(=O)[nH]2)ccc1OCC(=O)Nc1ccc(F)cc1. The van der Waals surface area contributed by atoms with Crippen LogP contribution in [0.1, 0.15) is 11.4 Å². The summed E-state index contributed by atoms with van der Waals surface area (Å²) in [5.41, 5.74) is 1.33. The van der Waals surface area contributed by atoms with Crippen LogP contribution in [0.2, 0.25) is 0 Å². The van der Waals surface area contributed by atoms with E-state index in [4.69, 9.17) is 9.47 Å². The average Bonchev–Trinajstić information content (AvgIpc) is 2.87. The molecule has 4 aromatic rings. The van der Waals surface area contributed by atoms with Crippen LogP contribution >= 0.6 is 0 Å². The average molecular weight is 470 g/mol. The van der Waals surface area contributed by atoms with Gasteiger partial charge < -0.3 is 19.8 Å². The third-order valence-electron chi connectivity index (χ3n) is 4.97. The van der Waals surface area contributed by atoms with Gasteiger partial charge in [0.15, 0.2) is 23.9 Å². The van der Waals surface area contributed by atoms with Crippen LogP contribution in [0.25, 0.3) is 22.6 Å². The number of hydrogen-bond donors (Lipinski definition) is 2. The zero-order valence-corrected chi connectivity index (χ0v) is 18.5. The Morgan fingerprint density at radius 1 is 1.14 bits per heavy atom. The van der Waals surface area contributed by atoms with Crippen molar-refractivity contribution in [1.29, 1.82) is 5.26 Å². The standard InChI is InChI=1S/C26H19FN4O4/c1-34-23-13-16(6-11-22(23)35-15-24(32)29-19-9-7-18(27)8-10-19)12-17(14-28)25-30-21-5-3-2-4-20(21)26(33)31-25/h2-13H,15H2,1H3,(H,29,32)(H,30,31,33). The predicted octanol–water partition coefficient (Wildman–Crippen LogP) is 4.15. The van der Waals surface area contributed by atoms with Crippen LogP contribution in [0, 0.1) is 17.1 Å². The number of methoxy groups -OCH3 is 1. The first-order chi connectivity index (χ1) is 17.0. The number of para-hydroxylation sites is 1. The normalized spacial score (nSPS) is 11.1. The Kier molecular flexibility index (Phi) is 6.83. The number of hydrogen-bond acceptors (Lipinski definition) is 6. The summed E-state index contributed by atoms with van der Waals surface area (Å²) in [6.07, 6.45) is 1.56. The number of benzene rings is 3. The molecule has 0 bridgehead atoms. The zero-order chi connectivity index (χ0) is 24.8. The molecule has 1 amide bonds. The molecule has 0 saturated carbocycles. The van der Waals surface area contributed by atoms with E-state index in [1.165, 1.54) is 31.4 Å². The van der Waals surface area contributed by atoms with E-state index in [0.717, 1.165) is 0 Å². The lowest BCUT2D eigenvalue weighted by atomic mass is 10.1. The summed E-state index contributed by atoms with van der Waals surface area (Å²) in [4.78, 5) is 31.5. The summed E-state index contributed by atoms with van der Waals surface area (Å²) in [6.45, 7) is -0.297. The van der Waals surface area contributed by atoms with Crippen molar-refractivity contribution in [2.24, 2.45) is 0 Å². The largest absolute Gasteiger partial charge is 0.493 e. The maximum atomic E-state index is 13.0. The van der Waals surface area contributed by atoms with Crippen molar-refractivity contribution in [3.63, 3.8) is 0 Å². The van der Waals surface area contributed by atoms with Gasteiger partial charge in [-0.2, -0.15) is 5.26 Å². The molecular formula is C26H19FN4O4. The number of amides is 1. The number of ether oxygens (including phenoxy) is 2. The minimum absolute atomic E-state index is 0.146. The summed E-state index contributed by atoms with van der Waals surface area (Å²) < 4.78 is 23.9. The fourth-order valence-corrected chi connectivity index (χ4v) is 3.30. The minimum Gasteiger partial charge on any atom is -0.493 e. The third-order valence-corrected chi connectivity index (χ3v) is 4.97. The number of nitriles is 1. The van der Waals surface area contributed by atoms with Crippen LogP contribution in [0.3, 0.4) is 0 Å². The molecule has 0 aliphatic carbocycles. The van der Waals surface area contributed by atoms with Crippen LogP contribution < -0.4 is 20.3 Å². The topological polar surface area (TPSA) is 117 Å². The van der Waals surface area contributed by atoms with Gasteiger partial charge in [-0.15, -0.1) is 0 Å². The van der Waals surface area contributed by atoms with Gasteiger partial charge in [0.2, 0.25) is 0 Å². The van der Waals surface area contributed by atoms with Gasteiger partial charge in [-0.3, -0.25) is 9.59 Å². The molecule has 0 spiro atoms. The van der Waals surface area contributed by atoms with Gasteiger partial charge in [0.1, 0.15) is 11.9 Å². The van der Waals surface area contributed by atoms with E-state index >= 15 is 0 Å². The summed E-state index contributed by atoms with van der Waals surface area (Å²) in [6, 6.07) is 19.2. The second kappa shape index (κ2) is 10.3. The van der Waals surface area contributed by atoms with Crippen molar-refractivity contribution in [3.05, 3.63) is 94.3 Å². The number of halogens is 1. The summed E-state index contributed by atoms with van der Waals surface area (Å²) in [5.74, 6) is -0.0330. The lowest BCUT2D eigenvalue weighted by Crippen LogP contribution is -2.20. The van der Waals surface area contributed by atoms with Crippen molar-refractivity contribution in [3.8, 4) is 17.6 Å².